The fourth-order valence-electron chi connectivity index (χ4n) is 5.12. The van der Waals surface area contributed by atoms with Crippen LogP contribution >= 0.6 is 12.4 Å². The van der Waals surface area contributed by atoms with Crippen LogP contribution in [0.4, 0.5) is 0 Å². The van der Waals surface area contributed by atoms with Crippen LogP contribution in [0.5, 0.6) is 23.0 Å². The first-order chi connectivity index (χ1) is 18.8. The predicted molar refractivity (Wildman–Crippen MR) is 161 cm³/mol. The van der Waals surface area contributed by atoms with Gasteiger partial charge in [-0.2, -0.15) is 0 Å². The van der Waals surface area contributed by atoms with E-state index >= 15 is 0 Å². The van der Waals surface area contributed by atoms with Crippen molar-refractivity contribution in [2.24, 2.45) is 5.92 Å². The Morgan fingerprint density at radius 1 is 0.775 bits per heavy atom. The van der Waals surface area contributed by atoms with Gasteiger partial charge in [-0.1, -0.05) is 54.4 Å². The van der Waals surface area contributed by atoms with Crippen LogP contribution in [0, 0.1) is 19.8 Å². The Balaban J connectivity index is 0.00000370. The minimum Gasteiger partial charge on any atom is -0.457 e. The monoisotopic (exact) mass is 557 g/mol. The third-order valence-electron chi connectivity index (χ3n) is 7.60. The molecule has 208 valence electrons. The molecule has 0 radical (unpaired) electrons. The summed E-state index contributed by atoms with van der Waals surface area (Å²) in [5.74, 6) is 2.18. The molecule has 1 N–H and O–H groups in total. The molecular weight excluding hydrogens is 522 g/mol. The average Bonchev–Trinajstić information content (AvgIpc) is 2.96. The van der Waals surface area contributed by atoms with Gasteiger partial charge in [0, 0.05) is 18.7 Å². The zero-order valence-corrected chi connectivity index (χ0v) is 24.0. The molecule has 5 nitrogen and oxygen atoms in total. The summed E-state index contributed by atoms with van der Waals surface area (Å²) in [7, 11) is 0. The summed E-state index contributed by atoms with van der Waals surface area (Å²) in [5.41, 5.74) is 2.35. The standard InChI is InChI=1S/C34H35NO4.ClH/c1-4-35-22-21-34(37,27-11-19-31(20-12-27)39-29-15-7-25(3)8-16-29)32(23-35)33(36)26-9-17-30(18-10-26)38-28-13-5-24(2)6-14-28;/h5-20,32,37H,4,21-23H2,1-3H3;1H/t32-,34+;/m0./s1. The summed E-state index contributed by atoms with van der Waals surface area (Å²) in [5, 5.41) is 12.0. The second-order valence-corrected chi connectivity index (χ2v) is 10.4. The number of benzene rings is 4. The summed E-state index contributed by atoms with van der Waals surface area (Å²) < 4.78 is 11.9. The third kappa shape index (κ3) is 6.56. The van der Waals surface area contributed by atoms with Crippen LogP contribution < -0.4 is 9.47 Å². The molecule has 0 amide bonds. The number of hydrogen-bond acceptors (Lipinski definition) is 5. The fourth-order valence-corrected chi connectivity index (χ4v) is 5.12. The topological polar surface area (TPSA) is 59.0 Å². The number of aliphatic hydroxyl groups is 1. The van der Waals surface area contributed by atoms with Crippen molar-refractivity contribution in [1.82, 2.24) is 4.90 Å². The summed E-state index contributed by atoms with van der Waals surface area (Å²) in [4.78, 5) is 16.1. The van der Waals surface area contributed by atoms with Crippen molar-refractivity contribution in [3.05, 3.63) is 119 Å². The highest BCUT2D eigenvalue weighted by molar-refractivity contribution is 5.99. The number of piperidine rings is 1. The minimum atomic E-state index is -1.28. The number of nitrogens with zero attached hydrogens (tertiary/aromatic N) is 1. The second kappa shape index (κ2) is 12.7. The smallest absolute Gasteiger partial charge is 0.170 e. The van der Waals surface area contributed by atoms with Gasteiger partial charge in [0.05, 0.1) is 5.92 Å². The molecule has 0 spiro atoms. The molecule has 2 atom stereocenters. The van der Waals surface area contributed by atoms with Gasteiger partial charge in [0.1, 0.15) is 28.6 Å². The first-order valence-electron chi connectivity index (χ1n) is 13.5. The van der Waals surface area contributed by atoms with Crippen molar-refractivity contribution in [2.45, 2.75) is 32.8 Å². The highest BCUT2D eigenvalue weighted by Crippen LogP contribution is 2.40. The Morgan fingerprint density at radius 3 is 1.65 bits per heavy atom. The van der Waals surface area contributed by atoms with E-state index in [2.05, 4.69) is 11.8 Å². The SMILES string of the molecule is CCN1CC[C@@](O)(c2ccc(Oc3ccc(C)cc3)cc2)[C@H](C(=O)c2ccc(Oc3ccc(C)cc3)cc2)C1.Cl. The maximum Gasteiger partial charge on any atom is 0.170 e. The fraction of sp³-hybridized carbons (Fsp3) is 0.265. The zero-order chi connectivity index (χ0) is 27.4. The normalized spacial score (nSPS) is 18.9. The van der Waals surface area contributed by atoms with E-state index in [1.807, 2.05) is 98.8 Å². The van der Waals surface area contributed by atoms with Crippen molar-refractivity contribution in [2.75, 3.05) is 19.6 Å². The van der Waals surface area contributed by atoms with Gasteiger partial charge in [0.15, 0.2) is 5.78 Å². The molecule has 1 saturated heterocycles. The molecule has 1 aliphatic rings. The number of hydrogen-bond donors (Lipinski definition) is 1. The van der Waals surface area contributed by atoms with Gasteiger partial charge in [-0.3, -0.25) is 4.79 Å². The van der Waals surface area contributed by atoms with Crippen LogP contribution in [0.1, 0.15) is 40.4 Å². The molecule has 1 heterocycles. The third-order valence-corrected chi connectivity index (χ3v) is 7.60. The van der Waals surface area contributed by atoms with Crippen molar-refractivity contribution >= 4 is 18.2 Å². The first-order valence-corrected chi connectivity index (χ1v) is 13.5. The molecule has 5 rings (SSSR count). The lowest BCUT2D eigenvalue weighted by atomic mass is 9.72. The van der Waals surface area contributed by atoms with E-state index < -0.39 is 11.5 Å². The van der Waals surface area contributed by atoms with Gasteiger partial charge in [-0.05, 0) is 93.0 Å². The van der Waals surface area contributed by atoms with Crippen LogP contribution in [0.2, 0.25) is 0 Å². The number of halogens is 1. The van der Waals surface area contributed by atoms with Gasteiger partial charge in [-0.15, -0.1) is 12.4 Å². The number of rotatable bonds is 8. The number of aryl methyl sites for hydroxylation is 2. The summed E-state index contributed by atoms with van der Waals surface area (Å²) in [6.07, 6.45) is 0.476. The Hall–Kier alpha value is -3.64. The molecule has 0 bridgehead atoms. The summed E-state index contributed by atoms with van der Waals surface area (Å²) in [6, 6.07) is 30.4. The zero-order valence-electron chi connectivity index (χ0n) is 23.2. The predicted octanol–water partition coefficient (Wildman–Crippen LogP) is 7.72. The van der Waals surface area contributed by atoms with Gasteiger partial charge in [-0.25, -0.2) is 0 Å². The molecule has 4 aromatic carbocycles. The van der Waals surface area contributed by atoms with E-state index in [4.69, 9.17) is 9.47 Å². The molecule has 0 saturated carbocycles. The van der Waals surface area contributed by atoms with Gasteiger partial charge in [0.25, 0.3) is 0 Å². The van der Waals surface area contributed by atoms with Gasteiger partial charge < -0.3 is 19.5 Å². The number of Topliss-reactive ketones (excluding diaryl/α,β-unsaturated/α-hetero) is 1. The van der Waals surface area contributed by atoms with Crippen molar-refractivity contribution in [3.8, 4) is 23.0 Å². The number of carbonyl (C=O) groups excluding carboxylic acids is 1. The number of ether oxygens (including phenoxy) is 2. The largest absolute Gasteiger partial charge is 0.457 e. The maximum absolute atomic E-state index is 13.8. The minimum absolute atomic E-state index is 0. The summed E-state index contributed by atoms with van der Waals surface area (Å²) >= 11 is 0. The highest BCUT2D eigenvalue weighted by Gasteiger charge is 2.46. The molecule has 0 aromatic heterocycles. The van der Waals surface area contributed by atoms with E-state index in [-0.39, 0.29) is 18.2 Å². The highest BCUT2D eigenvalue weighted by atomic mass is 35.5. The van der Waals surface area contributed by atoms with E-state index in [1.165, 1.54) is 5.56 Å². The van der Waals surface area contributed by atoms with E-state index in [0.29, 0.717) is 30.0 Å². The first kappa shape index (κ1) is 29.3. The maximum atomic E-state index is 13.8. The Morgan fingerprint density at radius 2 is 1.20 bits per heavy atom. The van der Waals surface area contributed by atoms with Crippen LogP contribution in [0.25, 0.3) is 0 Å². The van der Waals surface area contributed by atoms with Crippen LogP contribution in [0.15, 0.2) is 97.1 Å². The molecule has 0 aliphatic carbocycles. The molecule has 4 aromatic rings. The molecule has 0 unspecified atom stereocenters. The van der Waals surface area contributed by atoms with Crippen LogP contribution in [-0.4, -0.2) is 35.4 Å². The Labute approximate surface area is 242 Å². The van der Waals surface area contributed by atoms with E-state index in [0.717, 1.165) is 35.7 Å². The molecule has 1 fully saturated rings. The molecule has 6 heteroatoms. The second-order valence-electron chi connectivity index (χ2n) is 10.4. The van der Waals surface area contributed by atoms with Gasteiger partial charge >= 0.3 is 0 Å². The van der Waals surface area contributed by atoms with E-state index in [1.54, 1.807) is 12.1 Å². The van der Waals surface area contributed by atoms with E-state index in [9.17, 15) is 9.90 Å². The number of likely N-dealkylation sites (tertiary alicyclic amines) is 1. The van der Waals surface area contributed by atoms with Gasteiger partial charge in [0.2, 0.25) is 0 Å². The lowest BCUT2D eigenvalue weighted by Gasteiger charge is -2.44. The van der Waals surface area contributed by atoms with Crippen molar-refractivity contribution < 1.29 is 19.4 Å². The molecular formula is C34H36ClNO4. The molecule has 40 heavy (non-hydrogen) atoms. The van der Waals surface area contributed by atoms with Crippen LogP contribution in [-0.2, 0) is 5.60 Å². The quantitative estimate of drug-likeness (QED) is 0.225. The Bertz CT molecular complexity index is 1400. The summed E-state index contributed by atoms with van der Waals surface area (Å²) in [6.45, 7) is 8.20. The Kier molecular flexibility index (Phi) is 9.31. The van der Waals surface area contributed by atoms with Crippen molar-refractivity contribution in [3.63, 3.8) is 0 Å². The lowest BCUT2D eigenvalue weighted by Crippen LogP contribution is -2.53. The molecule has 1 aliphatic heterocycles. The lowest BCUT2D eigenvalue weighted by molar-refractivity contribution is -0.0632. The van der Waals surface area contributed by atoms with Crippen molar-refractivity contribution in [1.29, 1.82) is 0 Å². The number of ketones is 1. The van der Waals surface area contributed by atoms with Crippen LogP contribution in [0.3, 0.4) is 0 Å². The number of carbonyl (C=O) groups is 1. The average molecular weight is 558 g/mol.